The van der Waals surface area contributed by atoms with Gasteiger partial charge in [0.25, 0.3) is 0 Å². The van der Waals surface area contributed by atoms with Gasteiger partial charge in [-0.1, -0.05) is 6.92 Å². The zero-order valence-corrected chi connectivity index (χ0v) is 10.9. The number of nitrogens with zero attached hydrogens (tertiary/aromatic N) is 2. The van der Waals surface area contributed by atoms with Crippen molar-refractivity contribution in [1.29, 1.82) is 0 Å². The maximum Gasteiger partial charge on any atom is 0.250 e. The molecule has 0 unspecified atom stereocenters. The van der Waals surface area contributed by atoms with Gasteiger partial charge in [-0.25, -0.2) is 12.8 Å². The van der Waals surface area contributed by atoms with E-state index in [-0.39, 0.29) is 22.9 Å². The zero-order valence-electron chi connectivity index (χ0n) is 10.1. The van der Waals surface area contributed by atoms with Gasteiger partial charge in [-0.2, -0.15) is 0 Å². The number of anilines is 1. The molecular weight excluding hydrogens is 273 g/mol. The van der Waals surface area contributed by atoms with Crippen molar-refractivity contribution < 1.29 is 17.2 Å². The van der Waals surface area contributed by atoms with Gasteiger partial charge in [-0.15, -0.1) is 10.2 Å². The van der Waals surface area contributed by atoms with Crippen LogP contribution in [0, 0.1) is 5.82 Å². The molecule has 0 amide bonds. The Morgan fingerprint density at radius 1 is 1.42 bits per heavy atom. The summed E-state index contributed by atoms with van der Waals surface area (Å²) in [5, 5.41) is 7.04. The highest BCUT2D eigenvalue weighted by Crippen LogP contribution is 2.23. The Labute approximate surface area is 109 Å². The molecule has 0 bridgehead atoms. The van der Waals surface area contributed by atoms with E-state index in [1.807, 2.05) is 0 Å². The molecule has 2 aromatic rings. The minimum absolute atomic E-state index is 0.0139. The van der Waals surface area contributed by atoms with Crippen LogP contribution in [0.4, 0.5) is 10.1 Å². The minimum atomic E-state index is -3.44. The normalized spacial score (nSPS) is 11.5. The molecule has 8 heteroatoms. The van der Waals surface area contributed by atoms with Gasteiger partial charge in [-0.05, 0) is 24.6 Å². The van der Waals surface area contributed by atoms with Crippen molar-refractivity contribution in [2.24, 2.45) is 0 Å². The van der Waals surface area contributed by atoms with Gasteiger partial charge in [-0.3, -0.25) is 4.72 Å². The molecule has 2 rings (SSSR count). The smallest absolute Gasteiger partial charge is 0.250 e. The van der Waals surface area contributed by atoms with Crippen LogP contribution in [-0.4, -0.2) is 24.4 Å². The molecule has 0 aliphatic rings. The van der Waals surface area contributed by atoms with Crippen LogP contribution in [0.1, 0.15) is 13.3 Å². The van der Waals surface area contributed by atoms with E-state index < -0.39 is 15.8 Å². The third kappa shape index (κ3) is 3.28. The number of sulfonamides is 1. The van der Waals surface area contributed by atoms with Crippen LogP contribution in [0.15, 0.2) is 29.0 Å². The minimum Gasteiger partial charge on any atom is -0.423 e. The molecular formula is C11H12FN3O3S. The lowest BCUT2D eigenvalue weighted by atomic mass is 10.2. The van der Waals surface area contributed by atoms with Crippen molar-refractivity contribution in [3.63, 3.8) is 0 Å². The predicted octanol–water partition coefficient (Wildman–Crippen LogP) is 2.03. The highest BCUT2D eigenvalue weighted by atomic mass is 32.2. The van der Waals surface area contributed by atoms with E-state index in [4.69, 9.17) is 4.42 Å². The van der Waals surface area contributed by atoms with Crippen molar-refractivity contribution >= 4 is 15.7 Å². The highest BCUT2D eigenvalue weighted by molar-refractivity contribution is 7.92. The average molecular weight is 285 g/mol. The number of aromatic nitrogens is 2. The Balaban J connectivity index is 2.25. The molecule has 0 aliphatic carbocycles. The molecule has 1 N–H and O–H groups in total. The van der Waals surface area contributed by atoms with Gasteiger partial charge in [0.15, 0.2) is 0 Å². The van der Waals surface area contributed by atoms with Gasteiger partial charge in [0, 0.05) is 0 Å². The van der Waals surface area contributed by atoms with Crippen LogP contribution < -0.4 is 4.72 Å². The summed E-state index contributed by atoms with van der Waals surface area (Å²) in [4.78, 5) is 0. The quantitative estimate of drug-likeness (QED) is 0.908. The van der Waals surface area contributed by atoms with Gasteiger partial charge in [0.2, 0.25) is 22.3 Å². The Kier molecular flexibility index (Phi) is 3.79. The maximum atomic E-state index is 13.8. The molecule has 0 saturated carbocycles. The van der Waals surface area contributed by atoms with E-state index in [1.54, 1.807) is 6.92 Å². The first-order valence-electron chi connectivity index (χ1n) is 5.58. The van der Waals surface area contributed by atoms with E-state index >= 15 is 0 Å². The monoisotopic (exact) mass is 285 g/mol. The van der Waals surface area contributed by atoms with Crippen LogP contribution in [0.3, 0.4) is 0 Å². The van der Waals surface area contributed by atoms with E-state index in [1.165, 1.54) is 12.1 Å². The number of rotatable bonds is 5. The molecule has 0 spiro atoms. The van der Waals surface area contributed by atoms with E-state index in [2.05, 4.69) is 14.9 Å². The molecule has 19 heavy (non-hydrogen) atoms. The zero-order chi connectivity index (χ0) is 13.9. The van der Waals surface area contributed by atoms with Gasteiger partial charge >= 0.3 is 0 Å². The summed E-state index contributed by atoms with van der Waals surface area (Å²) < 4.78 is 44.1. The summed E-state index contributed by atoms with van der Waals surface area (Å²) in [6.07, 6.45) is 1.57. The lowest BCUT2D eigenvalue weighted by Crippen LogP contribution is -2.16. The molecule has 0 atom stereocenters. The lowest BCUT2D eigenvalue weighted by Gasteiger charge is -2.07. The van der Waals surface area contributed by atoms with Crippen molar-refractivity contribution in [2.45, 2.75) is 13.3 Å². The van der Waals surface area contributed by atoms with E-state index in [9.17, 15) is 12.8 Å². The summed E-state index contributed by atoms with van der Waals surface area (Å²) in [6.45, 7) is 1.75. The number of hydrogen-bond acceptors (Lipinski definition) is 5. The van der Waals surface area contributed by atoms with Crippen LogP contribution in [0.2, 0.25) is 0 Å². The molecule has 1 aromatic heterocycles. The highest BCUT2D eigenvalue weighted by Gasteiger charge is 2.13. The average Bonchev–Trinajstić information content (AvgIpc) is 2.81. The van der Waals surface area contributed by atoms with E-state index in [0.717, 1.165) is 12.5 Å². The fraction of sp³-hybridized carbons (Fsp3) is 0.273. The maximum absolute atomic E-state index is 13.8. The lowest BCUT2D eigenvalue weighted by molar-refractivity contribution is 0.558. The van der Waals surface area contributed by atoms with Crippen molar-refractivity contribution in [2.75, 3.05) is 10.5 Å². The predicted molar refractivity (Wildman–Crippen MR) is 67.4 cm³/mol. The summed E-state index contributed by atoms with van der Waals surface area (Å²) in [5.41, 5.74) is 0.283. The van der Waals surface area contributed by atoms with Crippen molar-refractivity contribution in [3.8, 4) is 11.5 Å². The molecule has 0 saturated heterocycles. The van der Waals surface area contributed by atoms with E-state index in [0.29, 0.717) is 6.42 Å². The Hall–Kier alpha value is -1.96. The molecule has 0 radical (unpaired) electrons. The Morgan fingerprint density at radius 2 is 2.21 bits per heavy atom. The number of halogens is 1. The standard InChI is InChI=1S/C11H12FN3O3S/c1-2-5-19(16,17)15-8-3-4-9(10(12)6-8)11-14-13-7-18-11/h3-4,6-7,15H,2,5H2,1H3. The summed E-state index contributed by atoms with van der Waals surface area (Å²) in [7, 11) is -3.44. The molecule has 1 heterocycles. The number of benzene rings is 1. The fourth-order valence-corrected chi connectivity index (χ4v) is 2.67. The topological polar surface area (TPSA) is 85.1 Å². The second-order valence-corrected chi connectivity index (χ2v) is 5.70. The molecule has 0 fully saturated rings. The third-order valence-electron chi connectivity index (χ3n) is 2.31. The van der Waals surface area contributed by atoms with Gasteiger partial charge in [0.05, 0.1) is 17.0 Å². The third-order valence-corrected chi connectivity index (χ3v) is 3.80. The molecule has 0 aliphatic heterocycles. The van der Waals surface area contributed by atoms with Gasteiger partial charge < -0.3 is 4.42 Å². The van der Waals surface area contributed by atoms with Crippen LogP contribution in [0.5, 0.6) is 0 Å². The molecule has 1 aromatic carbocycles. The molecule has 6 nitrogen and oxygen atoms in total. The van der Waals surface area contributed by atoms with Crippen LogP contribution in [0.25, 0.3) is 11.5 Å². The second-order valence-electron chi connectivity index (χ2n) is 3.86. The Bertz CT molecular complexity index is 656. The first-order chi connectivity index (χ1) is 9.02. The van der Waals surface area contributed by atoms with Gasteiger partial charge in [0.1, 0.15) is 5.82 Å². The summed E-state index contributed by atoms with van der Waals surface area (Å²) in [5.74, 6) is -0.610. The van der Waals surface area contributed by atoms with Crippen LogP contribution in [-0.2, 0) is 10.0 Å². The first kappa shape index (κ1) is 13.5. The van der Waals surface area contributed by atoms with Crippen LogP contribution >= 0.6 is 0 Å². The van der Waals surface area contributed by atoms with Crippen molar-refractivity contribution in [1.82, 2.24) is 10.2 Å². The SMILES string of the molecule is CCCS(=O)(=O)Nc1ccc(-c2nnco2)c(F)c1. The second kappa shape index (κ2) is 5.35. The largest absolute Gasteiger partial charge is 0.423 e. The molecule has 102 valence electrons. The summed E-state index contributed by atoms with van der Waals surface area (Å²) >= 11 is 0. The first-order valence-corrected chi connectivity index (χ1v) is 7.23. The van der Waals surface area contributed by atoms with Crippen molar-refractivity contribution in [3.05, 3.63) is 30.4 Å². The number of hydrogen-bond donors (Lipinski definition) is 1. The Morgan fingerprint density at radius 3 is 2.79 bits per heavy atom. The summed E-state index contributed by atoms with van der Waals surface area (Å²) in [6, 6.07) is 3.90. The fourth-order valence-electron chi connectivity index (χ4n) is 1.54. The number of nitrogens with one attached hydrogen (secondary N) is 1.